The molecule has 0 radical (unpaired) electrons. The molecule has 0 fully saturated rings. The van der Waals surface area contributed by atoms with Crippen molar-refractivity contribution in [2.45, 2.75) is 18.9 Å². The lowest BCUT2D eigenvalue weighted by Crippen LogP contribution is -1.85. The maximum Gasteiger partial charge on any atom is 0.0963 e. The molecule has 0 aliphatic rings. The summed E-state index contributed by atoms with van der Waals surface area (Å²) in [6, 6.07) is 4.07. The van der Waals surface area contributed by atoms with E-state index in [0.717, 1.165) is 20.9 Å². The molecule has 0 saturated heterocycles. The highest BCUT2D eigenvalue weighted by molar-refractivity contribution is 9.10. The van der Waals surface area contributed by atoms with Gasteiger partial charge in [0.1, 0.15) is 0 Å². The first kappa shape index (κ1) is 9.07. The van der Waals surface area contributed by atoms with E-state index < -0.39 is 0 Å². The first-order valence-corrected chi connectivity index (χ1v) is 5.28. The third kappa shape index (κ3) is 2.49. The van der Waals surface area contributed by atoms with Crippen LogP contribution in [0.25, 0.3) is 0 Å². The van der Waals surface area contributed by atoms with Gasteiger partial charge in [-0.2, -0.15) is 0 Å². The fourth-order valence-electron chi connectivity index (χ4n) is 0.749. The van der Waals surface area contributed by atoms with Gasteiger partial charge in [0.25, 0.3) is 0 Å². The van der Waals surface area contributed by atoms with Crippen LogP contribution >= 0.6 is 27.7 Å². The lowest BCUT2D eigenvalue weighted by atomic mass is 10.4. The largest absolute Gasteiger partial charge is 0.246 e. The molecule has 11 heavy (non-hydrogen) atoms. The molecule has 0 bridgehead atoms. The quantitative estimate of drug-likeness (QED) is 0.726. The Morgan fingerprint density at radius 2 is 2.27 bits per heavy atom. The topological polar surface area (TPSA) is 12.9 Å². The van der Waals surface area contributed by atoms with Crippen molar-refractivity contribution in [2.24, 2.45) is 0 Å². The zero-order valence-corrected chi connectivity index (χ0v) is 9.00. The number of halogens is 1. The number of thioether (sulfide) groups is 1. The predicted octanol–water partition coefficient (Wildman–Crippen LogP) is 3.26. The highest BCUT2D eigenvalue weighted by Gasteiger charge is 1.97. The summed E-state index contributed by atoms with van der Waals surface area (Å²) in [7, 11) is 0. The second-order valence-electron chi connectivity index (χ2n) is 2.15. The van der Waals surface area contributed by atoms with Crippen molar-refractivity contribution in [3.05, 3.63) is 22.3 Å². The maximum absolute atomic E-state index is 4.38. The molecule has 0 aliphatic carbocycles. The van der Waals surface area contributed by atoms with Crippen LogP contribution in [0.2, 0.25) is 0 Å². The first-order chi connectivity index (χ1) is 5.24. The number of nitrogens with zero attached hydrogens (tertiary/aromatic N) is 1. The van der Waals surface area contributed by atoms with Crippen molar-refractivity contribution >= 4 is 27.7 Å². The van der Waals surface area contributed by atoms with Crippen LogP contribution in [0.3, 0.4) is 0 Å². The van der Waals surface area contributed by atoms with Gasteiger partial charge in [0.15, 0.2) is 0 Å². The summed E-state index contributed by atoms with van der Waals surface area (Å²) in [5.41, 5.74) is 1.06. The van der Waals surface area contributed by atoms with Gasteiger partial charge in [0, 0.05) is 4.47 Å². The van der Waals surface area contributed by atoms with Gasteiger partial charge >= 0.3 is 0 Å². The van der Waals surface area contributed by atoms with E-state index in [-0.39, 0.29) is 0 Å². The Balaban J connectivity index is 2.86. The molecule has 1 rings (SSSR count). The number of aryl methyl sites for hydroxylation is 1. The van der Waals surface area contributed by atoms with Crippen molar-refractivity contribution in [1.29, 1.82) is 0 Å². The van der Waals surface area contributed by atoms with Crippen molar-refractivity contribution in [3.8, 4) is 0 Å². The second-order valence-corrected chi connectivity index (χ2v) is 4.29. The zero-order valence-electron chi connectivity index (χ0n) is 6.60. The van der Waals surface area contributed by atoms with Crippen LogP contribution < -0.4 is 0 Å². The second kappa shape index (κ2) is 4.12. The smallest absolute Gasteiger partial charge is 0.0963 e. The molecule has 60 valence electrons. The van der Waals surface area contributed by atoms with Crippen LogP contribution in [0.5, 0.6) is 0 Å². The summed E-state index contributed by atoms with van der Waals surface area (Å²) >= 11 is 5.17. The van der Waals surface area contributed by atoms with Crippen molar-refractivity contribution in [3.63, 3.8) is 0 Å². The fourth-order valence-corrected chi connectivity index (χ4v) is 1.63. The summed E-state index contributed by atoms with van der Waals surface area (Å²) in [5, 5.41) is 1.10. The van der Waals surface area contributed by atoms with E-state index in [2.05, 4.69) is 27.8 Å². The predicted molar refractivity (Wildman–Crippen MR) is 53.1 cm³/mol. The number of pyridine rings is 1. The molecular formula is C8H10BrNS. The normalized spacial score (nSPS) is 10.1. The summed E-state index contributed by atoms with van der Waals surface area (Å²) in [5.74, 6) is 1.08. The van der Waals surface area contributed by atoms with E-state index in [4.69, 9.17) is 0 Å². The van der Waals surface area contributed by atoms with E-state index in [0.29, 0.717) is 0 Å². The fraction of sp³-hybridized carbons (Fsp3) is 0.375. The molecule has 0 aromatic carbocycles. The van der Waals surface area contributed by atoms with Crippen molar-refractivity contribution < 1.29 is 0 Å². The molecule has 0 unspecified atom stereocenters. The Kier molecular flexibility index (Phi) is 3.40. The molecule has 0 spiro atoms. The molecule has 0 aliphatic heterocycles. The van der Waals surface area contributed by atoms with Gasteiger partial charge in [-0.1, -0.05) is 6.92 Å². The highest BCUT2D eigenvalue weighted by Crippen LogP contribution is 2.19. The van der Waals surface area contributed by atoms with Gasteiger partial charge in [-0.15, -0.1) is 11.8 Å². The van der Waals surface area contributed by atoms with E-state index in [1.54, 1.807) is 11.8 Å². The summed E-state index contributed by atoms with van der Waals surface area (Å²) in [6.07, 6.45) is 0. The molecule has 0 amide bonds. The lowest BCUT2D eigenvalue weighted by molar-refractivity contribution is 1.05. The molecule has 1 aromatic heterocycles. The van der Waals surface area contributed by atoms with Gasteiger partial charge in [-0.25, -0.2) is 4.98 Å². The monoisotopic (exact) mass is 231 g/mol. The van der Waals surface area contributed by atoms with Crippen LogP contribution in [0.15, 0.2) is 21.6 Å². The standard InChI is InChI=1S/C8H10BrNS/c1-3-11-8-5-4-7(9)6(2)10-8/h4-5H,3H2,1-2H3. The van der Waals surface area contributed by atoms with Crippen molar-refractivity contribution in [2.75, 3.05) is 5.75 Å². The highest BCUT2D eigenvalue weighted by atomic mass is 79.9. The van der Waals surface area contributed by atoms with Crippen LogP contribution in [0.1, 0.15) is 12.6 Å². The first-order valence-electron chi connectivity index (χ1n) is 3.50. The summed E-state index contributed by atoms with van der Waals surface area (Å²) in [4.78, 5) is 4.38. The molecule has 3 heteroatoms. The van der Waals surface area contributed by atoms with Crippen LogP contribution in [-0.2, 0) is 0 Å². The Bertz CT molecular complexity index is 250. The Morgan fingerprint density at radius 1 is 1.55 bits per heavy atom. The average molecular weight is 232 g/mol. The van der Waals surface area contributed by atoms with E-state index in [9.17, 15) is 0 Å². The Labute approximate surface area is 79.7 Å². The minimum absolute atomic E-state index is 1.06. The molecule has 1 nitrogen and oxygen atoms in total. The number of rotatable bonds is 2. The molecule has 1 aromatic rings. The third-order valence-electron chi connectivity index (χ3n) is 1.29. The molecule has 0 saturated carbocycles. The molecular weight excluding hydrogens is 222 g/mol. The van der Waals surface area contributed by atoms with Gasteiger partial charge in [0.05, 0.1) is 10.7 Å². The van der Waals surface area contributed by atoms with Crippen LogP contribution in [-0.4, -0.2) is 10.7 Å². The summed E-state index contributed by atoms with van der Waals surface area (Å²) in [6.45, 7) is 4.13. The Morgan fingerprint density at radius 3 is 2.82 bits per heavy atom. The third-order valence-corrected chi connectivity index (χ3v) is 2.94. The van der Waals surface area contributed by atoms with Gasteiger partial charge in [-0.05, 0) is 40.7 Å². The van der Waals surface area contributed by atoms with Gasteiger partial charge in [0.2, 0.25) is 0 Å². The average Bonchev–Trinajstić information content (AvgIpc) is 1.98. The maximum atomic E-state index is 4.38. The molecule has 1 heterocycles. The van der Waals surface area contributed by atoms with Crippen molar-refractivity contribution in [1.82, 2.24) is 4.98 Å². The number of hydrogen-bond donors (Lipinski definition) is 0. The SMILES string of the molecule is CCSc1ccc(Br)c(C)n1. The van der Waals surface area contributed by atoms with Gasteiger partial charge in [-0.3, -0.25) is 0 Å². The minimum atomic E-state index is 1.06. The van der Waals surface area contributed by atoms with E-state index in [1.807, 2.05) is 19.1 Å². The van der Waals surface area contributed by atoms with Crippen LogP contribution in [0, 0.1) is 6.92 Å². The Hall–Kier alpha value is -0.0200. The number of hydrogen-bond acceptors (Lipinski definition) is 2. The van der Waals surface area contributed by atoms with E-state index >= 15 is 0 Å². The summed E-state index contributed by atoms with van der Waals surface area (Å²) < 4.78 is 1.08. The van der Waals surface area contributed by atoms with Crippen LogP contribution in [0.4, 0.5) is 0 Å². The number of aromatic nitrogens is 1. The molecule has 0 N–H and O–H groups in total. The minimum Gasteiger partial charge on any atom is -0.246 e. The zero-order chi connectivity index (χ0) is 8.27. The van der Waals surface area contributed by atoms with E-state index in [1.165, 1.54) is 0 Å². The molecule has 0 atom stereocenters. The lowest BCUT2D eigenvalue weighted by Gasteiger charge is -2.00. The van der Waals surface area contributed by atoms with Gasteiger partial charge < -0.3 is 0 Å².